The summed E-state index contributed by atoms with van der Waals surface area (Å²) in [5.74, 6) is 0.156. The Morgan fingerprint density at radius 2 is 1.50 bits per heavy atom. The molecule has 0 saturated heterocycles. The van der Waals surface area contributed by atoms with Gasteiger partial charge >= 0.3 is 7.60 Å². The van der Waals surface area contributed by atoms with E-state index in [1.54, 1.807) is 0 Å². The molecule has 0 amide bonds. The number of aliphatic hydroxyl groups is 4. The van der Waals surface area contributed by atoms with Crippen LogP contribution in [0, 0.1) is 5.92 Å². The molecule has 0 spiro atoms. The molecule has 0 aliphatic rings. The van der Waals surface area contributed by atoms with Crippen LogP contribution in [0.5, 0.6) is 0 Å². The summed E-state index contributed by atoms with van der Waals surface area (Å²) in [6.07, 6.45) is 1.70. The molecule has 0 saturated carbocycles. The molecule has 0 heterocycles. The molecule has 7 nitrogen and oxygen atoms in total. The van der Waals surface area contributed by atoms with Crippen LogP contribution in [0.3, 0.4) is 0 Å². The van der Waals surface area contributed by atoms with Gasteiger partial charge in [-0.3, -0.25) is 4.57 Å². The van der Waals surface area contributed by atoms with E-state index in [1.165, 1.54) is 0 Å². The van der Waals surface area contributed by atoms with Crippen LogP contribution in [0.1, 0.15) is 39.5 Å². The van der Waals surface area contributed by atoms with Crippen LogP contribution < -0.4 is 0 Å². The van der Waals surface area contributed by atoms with Gasteiger partial charge in [-0.1, -0.05) is 33.1 Å². The first-order chi connectivity index (χ1) is 10.4. The van der Waals surface area contributed by atoms with Gasteiger partial charge in [0.05, 0.1) is 32.6 Å². The minimum Gasteiger partial charge on any atom is -0.394 e. The van der Waals surface area contributed by atoms with Gasteiger partial charge in [-0.2, -0.15) is 0 Å². The van der Waals surface area contributed by atoms with Crippen LogP contribution in [0.4, 0.5) is 0 Å². The number of aliphatic hydroxyl groups excluding tert-OH is 4. The Morgan fingerprint density at radius 3 is 1.86 bits per heavy atom. The lowest BCUT2D eigenvalue weighted by atomic mass is 10.0. The number of unbranched alkanes of at least 4 members (excludes halogenated alkanes) is 1. The van der Waals surface area contributed by atoms with Gasteiger partial charge in [0.15, 0.2) is 0 Å². The van der Waals surface area contributed by atoms with E-state index in [4.69, 9.17) is 19.3 Å². The average Bonchev–Trinajstić information content (AvgIpc) is 2.54. The molecule has 0 bridgehead atoms. The fourth-order valence-corrected chi connectivity index (χ4v) is 4.04. The molecule has 0 aromatic heterocycles. The Hall–Kier alpha value is -0.0100. The van der Waals surface area contributed by atoms with E-state index in [1.807, 2.05) is 6.92 Å². The zero-order chi connectivity index (χ0) is 17.0. The fraction of sp³-hybridized carbons (Fsp3) is 1.00. The largest absolute Gasteiger partial charge is 0.394 e. The SMILES string of the molecule is CCCCC(CC)CP(=O)(OCC(O)CO)OCC(O)CO. The molecular weight excluding hydrogens is 311 g/mol. The second-order valence-electron chi connectivity index (χ2n) is 5.47. The van der Waals surface area contributed by atoms with Crippen LogP contribution in [0.15, 0.2) is 0 Å². The van der Waals surface area contributed by atoms with Crippen molar-refractivity contribution in [3.8, 4) is 0 Å². The van der Waals surface area contributed by atoms with Crippen LogP contribution in [-0.4, -0.2) is 65.2 Å². The minimum absolute atomic E-state index is 0.156. The lowest BCUT2D eigenvalue weighted by Crippen LogP contribution is -2.23. The summed E-state index contributed by atoms with van der Waals surface area (Å²) >= 11 is 0. The quantitative estimate of drug-likeness (QED) is 0.350. The first-order valence-electron chi connectivity index (χ1n) is 7.86. The van der Waals surface area contributed by atoms with Crippen LogP contribution in [0.2, 0.25) is 0 Å². The van der Waals surface area contributed by atoms with Crippen LogP contribution in [-0.2, 0) is 13.6 Å². The van der Waals surface area contributed by atoms with Gasteiger partial charge in [0.2, 0.25) is 0 Å². The van der Waals surface area contributed by atoms with Crippen LogP contribution in [0.25, 0.3) is 0 Å². The molecule has 0 aromatic carbocycles. The fourth-order valence-electron chi connectivity index (χ4n) is 1.88. The minimum atomic E-state index is -3.51. The monoisotopic (exact) mass is 342 g/mol. The second kappa shape index (κ2) is 12.4. The van der Waals surface area contributed by atoms with E-state index < -0.39 is 33.0 Å². The smallest absolute Gasteiger partial charge is 0.331 e. The van der Waals surface area contributed by atoms with Crippen molar-refractivity contribution in [2.24, 2.45) is 5.92 Å². The third-order valence-corrected chi connectivity index (χ3v) is 5.42. The van der Waals surface area contributed by atoms with Crippen molar-refractivity contribution < 1.29 is 34.0 Å². The van der Waals surface area contributed by atoms with E-state index in [-0.39, 0.29) is 25.3 Å². The highest BCUT2D eigenvalue weighted by Gasteiger charge is 2.30. The lowest BCUT2D eigenvalue weighted by Gasteiger charge is -2.24. The summed E-state index contributed by atoms with van der Waals surface area (Å²) < 4.78 is 23.2. The molecule has 0 aromatic rings. The molecule has 4 N–H and O–H groups in total. The van der Waals surface area contributed by atoms with Crippen molar-refractivity contribution in [2.45, 2.75) is 51.7 Å². The van der Waals surface area contributed by atoms with E-state index in [2.05, 4.69) is 6.92 Å². The Bertz CT molecular complexity index is 296. The number of rotatable bonds is 14. The molecular formula is C14H31O7P. The number of hydrogen-bond acceptors (Lipinski definition) is 7. The summed E-state index contributed by atoms with van der Waals surface area (Å²) in [4.78, 5) is 0. The Labute approximate surface area is 132 Å². The summed E-state index contributed by atoms with van der Waals surface area (Å²) in [6, 6.07) is 0. The van der Waals surface area contributed by atoms with Crippen LogP contribution >= 0.6 is 7.60 Å². The highest BCUT2D eigenvalue weighted by atomic mass is 31.2. The highest BCUT2D eigenvalue weighted by Crippen LogP contribution is 2.51. The Balaban J connectivity index is 4.69. The van der Waals surface area contributed by atoms with Crippen molar-refractivity contribution in [1.29, 1.82) is 0 Å². The summed E-state index contributed by atoms with van der Waals surface area (Å²) in [5, 5.41) is 36.3. The topological polar surface area (TPSA) is 116 Å². The maximum atomic E-state index is 12.8. The van der Waals surface area contributed by atoms with Crippen molar-refractivity contribution in [3.05, 3.63) is 0 Å². The lowest BCUT2D eigenvalue weighted by molar-refractivity contribution is 0.0281. The first-order valence-corrected chi connectivity index (χ1v) is 9.59. The zero-order valence-corrected chi connectivity index (χ0v) is 14.5. The second-order valence-corrected chi connectivity index (χ2v) is 7.58. The maximum absolute atomic E-state index is 12.8. The van der Waals surface area contributed by atoms with Crippen molar-refractivity contribution in [1.82, 2.24) is 0 Å². The molecule has 22 heavy (non-hydrogen) atoms. The Morgan fingerprint density at radius 1 is 1.00 bits per heavy atom. The van der Waals surface area contributed by atoms with Gasteiger partial charge in [0, 0.05) is 0 Å². The van der Waals surface area contributed by atoms with Gasteiger partial charge in [0.25, 0.3) is 0 Å². The van der Waals surface area contributed by atoms with Gasteiger partial charge in [-0.25, -0.2) is 0 Å². The molecule has 0 aliphatic heterocycles. The third kappa shape index (κ3) is 9.90. The van der Waals surface area contributed by atoms with Crippen molar-refractivity contribution in [2.75, 3.05) is 32.6 Å². The summed E-state index contributed by atoms with van der Waals surface area (Å²) in [7, 11) is -3.51. The predicted molar refractivity (Wildman–Crippen MR) is 83.9 cm³/mol. The Kier molecular flexibility index (Phi) is 12.4. The standard InChI is InChI=1S/C14H31O7P/c1-3-5-6-12(4-2)11-22(19,20-9-13(17)7-15)21-10-14(18)8-16/h12-18H,3-11H2,1-2H3. The van der Waals surface area contributed by atoms with Crippen molar-refractivity contribution >= 4 is 7.60 Å². The highest BCUT2D eigenvalue weighted by molar-refractivity contribution is 7.53. The predicted octanol–water partition coefficient (Wildman–Crippen LogP) is 1.14. The average molecular weight is 342 g/mol. The summed E-state index contributed by atoms with van der Waals surface area (Å²) in [6.45, 7) is 2.49. The third-order valence-electron chi connectivity index (χ3n) is 3.37. The molecule has 0 rings (SSSR count). The van der Waals surface area contributed by atoms with E-state index in [9.17, 15) is 14.8 Å². The molecule has 0 radical (unpaired) electrons. The van der Waals surface area contributed by atoms with Gasteiger partial charge in [-0.05, 0) is 12.3 Å². The zero-order valence-electron chi connectivity index (χ0n) is 13.6. The molecule has 8 heteroatoms. The van der Waals surface area contributed by atoms with Gasteiger partial charge in [0.1, 0.15) is 12.2 Å². The van der Waals surface area contributed by atoms with Gasteiger partial charge in [-0.15, -0.1) is 0 Å². The molecule has 0 fully saturated rings. The molecule has 134 valence electrons. The number of hydrogen-bond donors (Lipinski definition) is 4. The first kappa shape index (κ1) is 22.0. The van der Waals surface area contributed by atoms with Crippen molar-refractivity contribution in [3.63, 3.8) is 0 Å². The molecule has 3 unspecified atom stereocenters. The van der Waals surface area contributed by atoms with E-state index in [0.717, 1.165) is 25.7 Å². The molecule has 3 atom stereocenters. The van der Waals surface area contributed by atoms with E-state index >= 15 is 0 Å². The van der Waals surface area contributed by atoms with Gasteiger partial charge < -0.3 is 29.5 Å². The summed E-state index contributed by atoms with van der Waals surface area (Å²) in [5.41, 5.74) is 0. The normalized spacial score (nSPS) is 18.6. The molecule has 0 aliphatic carbocycles. The van der Waals surface area contributed by atoms with E-state index in [0.29, 0.717) is 0 Å². The maximum Gasteiger partial charge on any atom is 0.331 e.